The van der Waals surface area contributed by atoms with Crippen LogP contribution >= 0.6 is 0 Å². The predicted octanol–water partition coefficient (Wildman–Crippen LogP) is 1.87. The molecule has 1 saturated heterocycles. The number of fused-ring (bicyclic) bond motifs is 1. The van der Waals surface area contributed by atoms with Gasteiger partial charge in [0, 0.05) is 31.3 Å². The number of likely N-dealkylation sites (tertiary alicyclic amines) is 1. The molecule has 2 heterocycles. The quantitative estimate of drug-likeness (QED) is 0.745. The Morgan fingerprint density at radius 1 is 1.44 bits per heavy atom. The van der Waals surface area contributed by atoms with Crippen molar-refractivity contribution in [2.45, 2.75) is 45.1 Å². The van der Waals surface area contributed by atoms with E-state index < -0.39 is 11.5 Å². The summed E-state index contributed by atoms with van der Waals surface area (Å²) in [4.78, 5) is 22.2. The fourth-order valence-corrected chi connectivity index (χ4v) is 3.85. The topological polar surface area (TPSA) is 89.5 Å². The minimum Gasteiger partial charge on any atom is -0.396 e. The number of H-pyrrole nitrogens is 1. The number of imidazole rings is 1. The molecule has 1 aliphatic heterocycles. The third-order valence-electron chi connectivity index (χ3n) is 5.31. The van der Waals surface area contributed by atoms with Gasteiger partial charge in [-0.05, 0) is 25.0 Å². The number of aryl methyl sites for hydroxylation is 1. The van der Waals surface area contributed by atoms with Crippen LogP contribution in [0.25, 0.3) is 11.0 Å². The largest absolute Gasteiger partial charge is 0.396 e. The first-order valence-corrected chi connectivity index (χ1v) is 9.08. The van der Waals surface area contributed by atoms with Gasteiger partial charge in [0.2, 0.25) is 5.91 Å². The van der Waals surface area contributed by atoms with Crippen LogP contribution in [0.2, 0.25) is 0 Å². The second kappa shape index (κ2) is 7.54. The Balaban J connectivity index is 1.62. The van der Waals surface area contributed by atoms with Gasteiger partial charge in [-0.25, -0.2) is 4.98 Å². The molecule has 1 aromatic carbocycles. The lowest BCUT2D eigenvalue weighted by Gasteiger charge is -2.45. The lowest BCUT2D eigenvalue weighted by molar-refractivity contribution is -0.142. The molecule has 0 aliphatic carbocycles. The second-order valence-electron chi connectivity index (χ2n) is 7.09. The summed E-state index contributed by atoms with van der Waals surface area (Å²) in [5.74, 6) is 0.870. The molecule has 6 heteroatoms. The van der Waals surface area contributed by atoms with Crippen LogP contribution in [0.5, 0.6) is 0 Å². The monoisotopic (exact) mass is 345 g/mol. The van der Waals surface area contributed by atoms with Gasteiger partial charge in [0.15, 0.2) is 0 Å². The van der Waals surface area contributed by atoms with Crippen molar-refractivity contribution >= 4 is 16.9 Å². The van der Waals surface area contributed by atoms with E-state index in [1.54, 1.807) is 4.90 Å². The number of carbonyl (C=O) groups is 1. The van der Waals surface area contributed by atoms with Crippen molar-refractivity contribution in [3.63, 3.8) is 0 Å². The number of nitrogens with one attached hydrogen (secondary N) is 1. The van der Waals surface area contributed by atoms with Gasteiger partial charge in [-0.15, -0.1) is 0 Å². The molecule has 0 unspecified atom stereocenters. The highest BCUT2D eigenvalue weighted by Crippen LogP contribution is 2.35. The second-order valence-corrected chi connectivity index (χ2v) is 7.09. The van der Waals surface area contributed by atoms with E-state index in [-0.39, 0.29) is 12.5 Å². The lowest BCUT2D eigenvalue weighted by atomic mass is 9.74. The number of para-hydroxylation sites is 2. The van der Waals surface area contributed by atoms with Gasteiger partial charge in [-0.2, -0.15) is 0 Å². The molecule has 1 amide bonds. The van der Waals surface area contributed by atoms with Crippen molar-refractivity contribution in [3.05, 3.63) is 30.1 Å². The normalized spacial score (nSPS) is 24.0. The van der Waals surface area contributed by atoms with Crippen molar-refractivity contribution in [2.75, 3.05) is 19.7 Å². The number of aromatic nitrogens is 2. The number of nitrogens with zero attached hydrogens (tertiary/aromatic N) is 2. The summed E-state index contributed by atoms with van der Waals surface area (Å²) in [7, 11) is 0. The van der Waals surface area contributed by atoms with Crippen LogP contribution in [-0.4, -0.2) is 56.8 Å². The minimum atomic E-state index is -0.581. The first-order chi connectivity index (χ1) is 12.1. The maximum absolute atomic E-state index is 12.6. The highest BCUT2D eigenvalue weighted by Gasteiger charge is 2.42. The summed E-state index contributed by atoms with van der Waals surface area (Å²) in [5, 5.41) is 20.1. The number of hydrogen-bond acceptors (Lipinski definition) is 4. The van der Waals surface area contributed by atoms with Gasteiger partial charge in [-0.1, -0.05) is 25.5 Å². The average Bonchev–Trinajstić information content (AvgIpc) is 3.04. The Bertz CT molecular complexity index is 697. The summed E-state index contributed by atoms with van der Waals surface area (Å²) in [6, 6.07) is 7.82. The molecule has 2 atom stereocenters. The minimum absolute atomic E-state index is 0.0567. The molecule has 3 rings (SSSR count). The van der Waals surface area contributed by atoms with Crippen LogP contribution < -0.4 is 0 Å². The molecule has 0 saturated carbocycles. The number of rotatable bonds is 6. The molecular formula is C19H27N3O3. The highest BCUT2D eigenvalue weighted by atomic mass is 16.3. The Morgan fingerprint density at radius 3 is 2.96 bits per heavy atom. The number of aromatic amines is 1. The molecule has 25 heavy (non-hydrogen) atoms. The first kappa shape index (κ1) is 17.9. The van der Waals surface area contributed by atoms with Crippen LogP contribution in [0.3, 0.4) is 0 Å². The fraction of sp³-hybridized carbons (Fsp3) is 0.579. The van der Waals surface area contributed by atoms with Gasteiger partial charge < -0.3 is 20.1 Å². The van der Waals surface area contributed by atoms with E-state index in [9.17, 15) is 15.0 Å². The van der Waals surface area contributed by atoms with Crippen LogP contribution in [-0.2, 0) is 11.2 Å². The molecule has 1 fully saturated rings. The third kappa shape index (κ3) is 3.70. The molecule has 1 aromatic heterocycles. The zero-order valence-electron chi connectivity index (χ0n) is 14.7. The molecule has 2 aromatic rings. The standard InChI is InChI=1S/C19H27N3O3/c1-2-10-19(13-23)12-22(11-9-16(19)24)18(25)8-7-17-20-14-5-3-4-6-15(14)21-17/h3-6,16,23-24H,2,7-13H2,1H3,(H,20,21)/t16-,19+/m1/s1. The number of benzene rings is 1. The van der Waals surface area contributed by atoms with E-state index in [0.29, 0.717) is 32.4 Å². The van der Waals surface area contributed by atoms with E-state index in [0.717, 1.165) is 29.7 Å². The number of carbonyl (C=O) groups excluding carboxylic acids is 1. The lowest BCUT2D eigenvalue weighted by Crippen LogP contribution is -2.55. The Morgan fingerprint density at radius 2 is 2.24 bits per heavy atom. The molecule has 0 bridgehead atoms. The Labute approximate surface area is 147 Å². The number of hydrogen-bond donors (Lipinski definition) is 3. The smallest absolute Gasteiger partial charge is 0.223 e. The maximum Gasteiger partial charge on any atom is 0.223 e. The van der Waals surface area contributed by atoms with Crippen molar-refractivity contribution in [1.29, 1.82) is 0 Å². The van der Waals surface area contributed by atoms with Gasteiger partial charge in [0.1, 0.15) is 5.82 Å². The van der Waals surface area contributed by atoms with Crippen LogP contribution in [0.4, 0.5) is 0 Å². The van der Waals surface area contributed by atoms with Crippen molar-refractivity contribution in [1.82, 2.24) is 14.9 Å². The van der Waals surface area contributed by atoms with Crippen LogP contribution in [0, 0.1) is 5.41 Å². The van der Waals surface area contributed by atoms with Gasteiger partial charge in [-0.3, -0.25) is 4.79 Å². The Kier molecular flexibility index (Phi) is 5.39. The molecule has 0 spiro atoms. The van der Waals surface area contributed by atoms with Crippen molar-refractivity contribution in [3.8, 4) is 0 Å². The highest BCUT2D eigenvalue weighted by molar-refractivity contribution is 5.77. The zero-order valence-corrected chi connectivity index (χ0v) is 14.7. The molecule has 3 N–H and O–H groups in total. The SMILES string of the molecule is CCC[C@@]1(CO)CN(C(=O)CCc2nc3ccccc3[nH]2)CC[C@H]1O. The number of amides is 1. The average molecular weight is 345 g/mol. The van der Waals surface area contributed by atoms with Crippen LogP contribution in [0.1, 0.15) is 38.4 Å². The number of aliphatic hydroxyl groups is 2. The molecule has 1 aliphatic rings. The predicted molar refractivity (Wildman–Crippen MR) is 96.0 cm³/mol. The van der Waals surface area contributed by atoms with Gasteiger partial charge in [0.25, 0.3) is 0 Å². The summed E-state index contributed by atoms with van der Waals surface area (Å²) < 4.78 is 0. The number of piperidine rings is 1. The van der Waals surface area contributed by atoms with Crippen molar-refractivity contribution in [2.24, 2.45) is 5.41 Å². The summed E-state index contributed by atoms with van der Waals surface area (Å²) in [6.45, 7) is 2.92. The summed E-state index contributed by atoms with van der Waals surface area (Å²) >= 11 is 0. The molecule has 6 nitrogen and oxygen atoms in total. The van der Waals surface area contributed by atoms with Gasteiger partial charge >= 0.3 is 0 Å². The van der Waals surface area contributed by atoms with E-state index in [1.165, 1.54) is 0 Å². The van der Waals surface area contributed by atoms with E-state index in [4.69, 9.17) is 0 Å². The van der Waals surface area contributed by atoms with Crippen molar-refractivity contribution < 1.29 is 15.0 Å². The van der Waals surface area contributed by atoms with Gasteiger partial charge in [0.05, 0.1) is 23.7 Å². The summed E-state index contributed by atoms with van der Waals surface area (Å²) in [6.07, 6.45) is 2.51. The summed E-state index contributed by atoms with van der Waals surface area (Å²) in [5.41, 5.74) is 1.31. The van der Waals surface area contributed by atoms with E-state index >= 15 is 0 Å². The molecule has 0 radical (unpaired) electrons. The Hall–Kier alpha value is -1.92. The fourth-order valence-electron chi connectivity index (χ4n) is 3.85. The van der Waals surface area contributed by atoms with E-state index in [2.05, 4.69) is 9.97 Å². The number of aliphatic hydroxyl groups excluding tert-OH is 2. The maximum atomic E-state index is 12.6. The third-order valence-corrected chi connectivity index (χ3v) is 5.31. The van der Waals surface area contributed by atoms with E-state index in [1.807, 2.05) is 31.2 Å². The molecule has 136 valence electrons. The van der Waals surface area contributed by atoms with Crippen LogP contribution in [0.15, 0.2) is 24.3 Å². The zero-order chi connectivity index (χ0) is 17.9. The first-order valence-electron chi connectivity index (χ1n) is 9.08. The molecular weight excluding hydrogens is 318 g/mol.